The van der Waals surface area contributed by atoms with Gasteiger partial charge in [0, 0.05) is 12.1 Å². The van der Waals surface area contributed by atoms with Gasteiger partial charge in [-0.15, -0.1) is 0 Å². The summed E-state index contributed by atoms with van der Waals surface area (Å²) in [6.45, 7) is 4.24. The van der Waals surface area contributed by atoms with E-state index in [4.69, 9.17) is 4.74 Å². The van der Waals surface area contributed by atoms with Crippen LogP contribution in [0.4, 0.5) is 5.13 Å². The summed E-state index contributed by atoms with van der Waals surface area (Å²) in [5, 5.41) is 3.14. The standard InChI is InChI=1S/C19H21N3O4S2/c1-12(2)11-20-28(24,25)15-7-8-16-17(10-15)27-19(21-16)22-18(23)13-5-4-6-14(9-13)26-3/h4-10,12,20H,11H2,1-3H3,(H,21,22,23). The third kappa shape index (κ3) is 4.67. The molecular weight excluding hydrogens is 398 g/mol. The molecule has 2 N–H and O–H groups in total. The lowest BCUT2D eigenvalue weighted by molar-refractivity contribution is 0.102. The van der Waals surface area contributed by atoms with Gasteiger partial charge >= 0.3 is 0 Å². The lowest BCUT2D eigenvalue weighted by Crippen LogP contribution is -2.27. The fraction of sp³-hybridized carbons (Fsp3) is 0.263. The van der Waals surface area contributed by atoms with Gasteiger partial charge in [0.05, 0.1) is 22.2 Å². The van der Waals surface area contributed by atoms with Crippen molar-refractivity contribution in [3.05, 3.63) is 48.0 Å². The number of thiazole rings is 1. The van der Waals surface area contributed by atoms with Crippen LogP contribution in [-0.4, -0.2) is 33.0 Å². The molecule has 1 heterocycles. The molecule has 9 heteroatoms. The molecule has 0 saturated heterocycles. The summed E-state index contributed by atoms with van der Waals surface area (Å²) in [7, 11) is -2.05. The molecule has 3 rings (SSSR count). The highest BCUT2D eigenvalue weighted by molar-refractivity contribution is 7.89. The lowest BCUT2D eigenvalue weighted by atomic mass is 10.2. The smallest absolute Gasteiger partial charge is 0.257 e. The third-order valence-corrected chi connectivity index (χ3v) is 6.26. The first-order valence-corrected chi connectivity index (χ1v) is 10.9. The first-order chi connectivity index (χ1) is 13.3. The quantitative estimate of drug-likeness (QED) is 0.611. The summed E-state index contributed by atoms with van der Waals surface area (Å²) in [5.74, 6) is 0.477. The first-order valence-electron chi connectivity index (χ1n) is 8.64. The van der Waals surface area contributed by atoms with E-state index in [1.165, 1.54) is 24.5 Å². The van der Waals surface area contributed by atoms with Gasteiger partial charge in [0.15, 0.2) is 5.13 Å². The second kappa shape index (κ2) is 8.26. The number of carbonyl (C=O) groups is 1. The van der Waals surface area contributed by atoms with Gasteiger partial charge in [-0.05, 0) is 42.3 Å². The Morgan fingerprint density at radius 2 is 2.00 bits per heavy atom. The molecule has 7 nitrogen and oxygen atoms in total. The second-order valence-electron chi connectivity index (χ2n) is 6.58. The number of methoxy groups -OCH3 is 1. The maximum atomic E-state index is 12.4. The molecule has 1 aromatic heterocycles. The Morgan fingerprint density at radius 3 is 2.71 bits per heavy atom. The normalized spacial score (nSPS) is 11.7. The van der Waals surface area contributed by atoms with E-state index in [0.29, 0.717) is 33.2 Å². The molecular formula is C19H21N3O4S2. The fourth-order valence-electron chi connectivity index (χ4n) is 2.42. The van der Waals surface area contributed by atoms with E-state index >= 15 is 0 Å². The molecule has 0 radical (unpaired) electrons. The van der Waals surface area contributed by atoms with Gasteiger partial charge in [-0.3, -0.25) is 10.1 Å². The number of rotatable bonds is 7. The number of benzene rings is 2. The van der Waals surface area contributed by atoms with Crippen molar-refractivity contribution in [2.45, 2.75) is 18.7 Å². The molecule has 0 aliphatic heterocycles. The lowest BCUT2D eigenvalue weighted by Gasteiger charge is -2.08. The number of nitrogens with zero attached hydrogens (tertiary/aromatic N) is 1. The largest absolute Gasteiger partial charge is 0.497 e. The van der Waals surface area contributed by atoms with E-state index in [9.17, 15) is 13.2 Å². The monoisotopic (exact) mass is 419 g/mol. The Labute approximate surface area is 167 Å². The summed E-state index contributed by atoms with van der Waals surface area (Å²) in [4.78, 5) is 17.0. The Kier molecular flexibility index (Phi) is 5.97. The molecule has 0 saturated carbocycles. The molecule has 28 heavy (non-hydrogen) atoms. The fourth-order valence-corrected chi connectivity index (χ4v) is 4.63. The molecule has 1 amide bonds. The summed E-state index contributed by atoms with van der Waals surface area (Å²) in [6, 6.07) is 11.5. The Bertz CT molecular complexity index is 1110. The van der Waals surface area contributed by atoms with Crippen LogP contribution in [-0.2, 0) is 10.0 Å². The highest BCUT2D eigenvalue weighted by atomic mass is 32.2. The minimum Gasteiger partial charge on any atom is -0.497 e. The Morgan fingerprint density at radius 1 is 1.21 bits per heavy atom. The summed E-state index contributed by atoms with van der Waals surface area (Å²) in [5.41, 5.74) is 1.06. The van der Waals surface area contributed by atoms with Gasteiger partial charge in [0.25, 0.3) is 5.91 Å². The zero-order valence-electron chi connectivity index (χ0n) is 15.7. The zero-order chi connectivity index (χ0) is 20.3. The number of aromatic nitrogens is 1. The van der Waals surface area contributed by atoms with E-state index in [-0.39, 0.29) is 16.7 Å². The topological polar surface area (TPSA) is 97.4 Å². The molecule has 0 aliphatic rings. The third-order valence-electron chi connectivity index (χ3n) is 3.90. The number of ether oxygens (including phenoxy) is 1. The van der Waals surface area contributed by atoms with Crippen molar-refractivity contribution in [1.29, 1.82) is 0 Å². The number of amides is 1. The van der Waals surface area contributed by atoms with E-state index in [2.05, 4.69) is 15.0 Å². The zero-order valence-corrected chi connectivity index (χ0v) is 17.4. The predicted molar refractivity (Wildman–Crippen MR) is 111 cm³/mol. The van der Waals surface area contributed by atoms with Crippen LogP contribution in [0.2, 0.25) is 0 Å². The molecule has 0 spiro atoms. The second-order valence-corrected chi connectivity index (χ2v) is 9.38. The van der Waals surface area contributed by atoms with E-state index in [1.807, 2.05) is 13.8 Å². The van der Waals surface area contributed by atoms with Gasteiger partial charge in [-0.1, -0.05) is 31.3 Å². The van der Waals surface area contributed by atoms with Crippen molar-refractivity contribution in [1.82, 2.24) is 9.71 Å². The molecule has 0 unspecified atom stereocenters. The van der Waals surface area contributed by atoms with Gasteiger partial charge in [-0.25, -0.2) is 18.1 Å². The van der Waals surface area contributed by atoms with Crippen molar-refractivity contribution in [2.24, 2.45) is 5.92 Å². The molecule has 0 aliphatic carbocycles. The summed E-state index contributed by atoms with van der Waals surface area (Å²) >= 11 is 1.22. The number of fused-ring (bicyclic) bond motifs is 1. The van der Waals surface area contributed by atoms with Crippen molar-refractivity contribution in [3.8, 4) is 5.75 Å². The SMILES string of the molecule is COc1cccc(C(=O)Nc2nc3ccc(S(=O)(=O)NCC(C)C)cc3s2)c1. The van der Waals surface area contributed by atoms with Crippen molar-refractivity contribution >= 4 is 42.6 Å². The molecule has 0 atom stereocenters. The van der Waals surface area contributed by atoms with E-state index < -0.39 is 10.0 Å². The Hall–Kier alpha value is -2.49. The van der Waals surface area contributed by atoms with Gasteiger partial charge < -0.3 is 4.74 Å². The van der Waals surface area contributed by atoms with Gasteiger partial charge in [0.2, 0.25) is 10.0 Å². The van der Waals surface area contributed by atoms with Gasteiger partial charge in [0.1, 0.15) is 5.75 Å². The van der Waals surface area contributed by atoms with Crippen molar-refractivity contribution in [2.75, 3.05) is 19.0 Å². The van der Waals surface area contributed by atoms with Crippen molar-refractivity contribution < 1.29 is 17.9 Å². The first kappa shape index (κ1) is 20.2. The van der Waals surface area contributed by atoms with Crippen LogP contribution in [0, 0.1) is 5.92 Å². The van der Waals surface area contributed by atoms with Gasteiger partial charge in [-0.2, -0.15) is 0 Å². The van der Waals surface area contributed by atoms with E-state index in [0.717, 1.165) is 0 Å². The molecule has 2 aromatic carbocycles. The van der Waals surface area contributed by atoms with Crippen LogP contribution >= 0.6 is 11.3 Å². The molecule has 3 aromatic rings. The van der Waals surface area contributed by atoms with Crippen LogP contribution in [0.25, 0.3) is 10.2 Å². The van der Waals surface area contributed by atoms with Crippen molar-refractivity contribution in [3.63, 3.8) is 0 Å². The van der Waals surface area contributed by atoms with Crippen LogP contribution in [0.5, 0.6) is 5.75 Å². The number of hydrogen-bond donors (Lipinski definition) is 2. The highest BCUT2D eigenvalue weighted by Crippen LogP contribution is 2.28. The molecule has 0 fully saturated rings. The number of hydrogen-bond acceptors (Lipinski definition) is 6. The minimum absolute atomic E-state index is 0.176. The van der Waals surface area contributed by atoms with Crippen LogP contribution < -0.4 is 14.8 Å². The average molecular weight is 420 g/mol. The predicted octanol–water partition coefficient (Wildman–Crippen LogP) is 3.49. The van der Waals surface area contributed by atoms with Crippen LogP contribution in [0.1, 0.15) is 24.2 Å². The molecule has 0 bridgehead atoms. The number of anilines is 1. The number of carbonyl (C=O) groups excluding carboxylic acids is 1. The maximum absolute atomic E-state index is 12.4. The highest BCUT2D eigenvalue weighted by Gasteiger charge is 2.17. The minimum atomic E-state index is -3.58. The summed E-state index contributed by atoms with van der Waals surface area (Å²) < 4.78 is 33.2. The number of nitrogens with one attached hydrogen (secondary N) is 2. The summed E-state index contributed by atoms with van der Waals surface area (Å²) in [6.07, 6.45) is 0. The maximum Gasteiger partial charge on any atom is 0.257 e. The Balaban J connectivity index is 1.81. The van der Waals surface area contributed by atoms with E-state index in [1.54, 1.807) is 36.4 Å². The average Bonchev–Trinajstić information content (AvgIpc) is 3.08. The molecule has 148 valence electrons. The van der Waals surface area contributed by atoms with Crippen LogP contribution in [0.3, 0.4) is 0 Å². The van der Waals surface area contributed by atoms with Crippen LogP contribution in [0.15, 0.2) is 47.4 Å². The number of sulfonamides is 1.